The molecule has 3 rings (SSSR count). The number of halogens is 2. The lowest BCUT2D eigenvalue weighted by molar-refractivity contribution is -0.127. The smallest absolute Gasteiger partial charge is 0.268 e. The Kier molecular flexibility index (Phi) is 4.25. The summed E-state index contributed by atoms with van der Waals surface area (Å²) in [5, 5.41) is 9.08. The predicted molar refractivity (Wildman–Crippen MR) is 80.1 cm³/mol. The number of carbonyl (C=O) groups is 1. The minimum Gasteiger partial charge on any atom is -0.478 e. The van der Waals surface area contributed by atoms with Crippen molar-refractivity contribution in [2.24, 2.45) is 0 Å². The molecule has 0 bridgehead atoms. The van der Waals surface area contributed by atoms with E-state index in [1.165, 1.54) is 35.2 Å². The lowest BCUT2D eigenvalue weighted by Crippen LogP contribution is -2.46. The van der Waals surface area contributed by atoms with Crippen molar-refractivity contribution in [2.75, 3.05) is 11.5 Å². The summed E-state index contributed by atoms with van der Waals surface area (Å²) >= 11 is 0. The molecule has 0 aliphatic carbocycles. The van der Waals surface area contributed by atoms with E-state index in [0.717, 1.165) is 0 Å². The maximum atomic E-state index is 13.4. The van der Waals surface area contributed by atoms with Crippen molar-refractivity contribution < 1.29 is 23.4 Å². The molecular formula is C17H15F2NO3. The molecule has 1 atom stereocenters. The van der Waals surface area contributed by atoms with Crippen molar-refractivity contribution in [3.63, 3.8) is 0 Å². The van der Waals surface area contributed by atoms with Gasteiger partial charge in [-0.2, -0.15) is 0 Å². The van der Waals surface area contributed by atoms with Crippen LogP contribution in [-0.4, -0.2) is 23.7 Å². The molecule has 6 heteroatoms. The van der Waals surface area contributed by atoms with Crippen LogP contribution in [0.5, 0.6) is 5.75 Å². The molecule has 1 N–H and O–H groups in total. The molecule has 120 valence electrons. The number of nitrogens with zero attached hydrogens (tertiary/aromatic N) is 1. The van der Waals surface area contributed by atoms with Gasteiger partial charge in [0.05, 0.1) is 12.2 Å². The molecule has 1 unspecified atom stereocenters. The second-order valence-corrected chi connectivity index (χ2v) is 5.29. The van der Waals surface area contributed by atoms with Crippen LogP contribution < -0.4 is 9.64 Å². The average Bonchev–Trinajstić information content (AvgIpc) is 2.51. The van der Waals surface area contributed by atoms with E-state index >= 15 is 0 Å². The molecule has 1 amide bonds. The summed E-state index contributed by atoms with van der Waals surface area (Å²) in [6, 6.07) is 9.82. The van der Waals surface area contributed by atoms with Crippen LogP contribution in [0.3, 0.4) is 0 Å². The first kappa shape index (κ1) is 15.4. The van der Waals surface area contributed by atoms with Gasteiger partial charge in [-0.05, 0) is 29.8 Å². The van der Waals surface area contributed by atoms with Crippen LogP contribution in [0.1, 0.15) is 12.0 Å². The minimum absolute atomic E-state index is 0.106. The zero-order valence-corrected chi connectivity index (χ0v) is 12.2. The van der Waals surface area contributed by atoms with Crippen molar-refractivity contribution >= 4 is 11.6 Å². The third-order valence-electron chi connectivity index (χ3n) is 3.64. The Labute approximate surface area is 131 Å². The number of anilines is 1. The van der Waals surface area contributed by atoms with E-state index in [9.17, 15) is 13.6 Å². The Morgan fingerprint density at radius 1 is 1.13 bits per heavy atom. The first-order chi connectivity index (χ1) is 11.1. The number of aliphatic hydroxyl groups excluding tert-OH is 1. The van der Waals surface area contributed by atoms with Gasteiger partial charge in [0.2, 0.25) is 0 Å². The Bertz CT molecular complexity index is 736. The maximum Gasteiger partial charge on any atom is 0.268 e. The first-order valence-corrected chi connectivity index (χ1v) is 7.21. The summed E-state index contributed by atoms with van der Waals surface area (Å²) in [6.07, 6.45) is -0.781. The van der Waals surface area contributed by atoms with Gasteiger partial charge in [-0.15, -0.1) is 0 Å². The number of amides is 1. The molecule has 0 radical (unpaired) electrons. The molecule has 1 heterocycles. The van der Waals surface area contributed by atoms with Gasteiger partial charge in [0, 0.05) is 19.1 Å². The zero-order chi connectivity index (χ0) is 16.4. The van der Waals surface area contributed by atoms with E-state index in [2.05, 4.69) is 0 Å². The molecule has 0 saturated carbocycles. The lowest BCUT2D eigenvalue weighted by atomic mass is 10.1. The van der Waals surface area contributed by atoms with Crippen molar-refractivity contribution in [3.05, 3.63) is 59.7 Å². The maximum absolute atomic E-state index is 13.4. The Morgan fingerprint density at radius 3 is 2.65 bits per heavy atom. The van der Waals surface area contributed by atoms with Gasteiger partial charge < -0.3 is 14.7 Å². The first-order valence-electron chi connectivity index (χ1n) is 7.21. The highest BCUT2D eigenvalue weighted by atomic mass is 19.1. The lowest BCUT2D eigenvalue weighted by Gasteiger charge is -2.34. The van der Waals surface area contributed by atoms with Crippen LogP contribution in [0, 0.1) is 11.6 Å². The van der Waals surface area contributed by atoms with Crippen LogP contribution >= 0.6 is 0 Å². The van der Waals surface area contributed by atoms with Gasteiger partial charge in [-0.25, -0.2) is 8.78 Å². The van der Waals surface area contributed by atoms with Gasteiger partial charge in [-0.3, -0.25) is 4.79 Å². The summed E-state index contributed by atoms with van der Waals surface area (Å²) in [6.45, 7) is -0.0879. The molecular weight excluding hydrogens is 304 g/mol. The topological polar surface area (TPSA) is 49.8 Å². The van der Waals surface area contributed by atoms with E-state index in [1.807, 2.05) is 0 Å². The Hall–Kier alpha value is -2.47. The average molecular weight is 319 g/mol. The minimum atomic E-state index is -0.886. The summed E-state index contributed by atoms with van der Waals surface area (Å²) in [4.78, 5) is 14.0. The van der Waals surface area contributed by atoms with Gasteiger partial charge >= 0.3 is 0 Å². The number of hydrogen-bond acceptors (Lipinski definition) is 3. The summed E-state index contributed by atoms with van der Waals surface area (Å²) in [5.41, 5.74) is 1.04. The van der Waals surface area contributed by atoms with Crippen LogP contribution in [-0.2, 0) is 11.3 Å². The number of carbonyl (C=O) groups excluding carboxylic acids is 1. The SMILES string of the molecule is O=C1C(CCO)Oc2cc(F)ccc2N1Cc1cccc(F)c1. The highest BCUT2D eigenvalue weighted by molar-refractivity contribution is 5.99. The largest absolute Gasteiger partial charge is 0.478 e. The highest BCUT2D eigenvalue weighted by Gasteiger charge is 2.34. The highest BCUT2D eigenvalue weighted by Crippen LogP contribution is 2.36. The van der Waals surface area contributed by atoms with E-state index in [0.29, 0.717) is 11.3 Å². The van der Waals surface area contributed by atoms with Gasteiger partial charge in [0.1, 0.15) is 17.4 Å². The van der Waals surface area contributed by atoms with Gasteiger partial charge in [-0.1, -0.05) is 12.1 Å². The van der Waals surface area contributed by atoms with Crippen molar-refractivity contribution in [1.82, 2.24) is 0 Å². The molecule has 0 spiro atoms. The molecule has 0 saturated heterocycles. The molecule has 2 aromatic rings. The molecule has 0 fully saturated rings. The molecule has 1 aliphatic rings. The van der Waals surface area contributed by atoms with Crippen LogP contribution in [0.4, 0.5) is 14.5 Å². The third-order valence-corrected chi connectivity index (χ3v) is 3.64. The van der Waals surface area contributed by atoms with Crippen molar-refractivity contribution in [3.8, 4) is 5.75 Å². The predicted octanol–water partition coefficient (Wildman–Crippen LogP) is 2.64. The summed E-state index contributed by atoms with van der Waals surface area (Å²) in [5.74, 6) is -0.983. The standard InChI is InChI=1S/C17H15F2NO3/c18-12-3-1-2-11(8-12)10-20-14-5-4-13(19)9-16(14)23-15(6-7-21)17(20)22/h1-5,8-9,15,21H,6-7,10H2. The number of aliphatic hydroxyl groups is 1. The van der Waals surface area contributed by atoms with Gasteiger partial charge in [0.25, 0.3) is 5.91 Å². The number of hydrogen-bond donors (Lipinski definition) is 1. The van der Waals surface area contributed by atoms with Crippen LogP contribution in [0.15, 0.2) is 42.5 Å². The molecule has 2 aromatic carbocycles. The Morgan fingerprint density at radius 2 is 1.91 bits per heavy atom. The number of benzene rings is 2. The third kappa shape index (κ3) is 3.17. The fraction of sp³-hybridized carbons (Fsp3) is 0.235. The second-order valence-electron chi connectivity index (χ2n) is 5.29. The number of fused-ring (bicyclic) bond motifs is 1. The van der Waals surface area contributed by atoms with E-state index in [-0.39, 0.29) is 31.2 Å². The summed E-state index contributed by atoms with van der Waals surface area (Å²) < 4.78 is 32.3. The normalized spacial score (nSPS) is 16.9. The van der Waals surface area contributed by atoms with Crippen LogP contribution in [0.25, 0.3) is 0 Å². The quantitative estimate of drug-likeness (QED) is 0.942. The molecule has 1 aliphatic heterocycles. The fourth-order valence-corrected chi connectivity index (χ4v) is 2.58. The molecule has 4 nitrogen and oxygen atoms in total. The van der Waals surface area contributed by atoms with Crippen molar-refractivity contribution in [1.29, 1.82) is 0 Å². The zero-order valence-electron chi connectivity index (χ0n) is 12.2. The number of ether oxygens (including phenoxy) is 1. The van der Waals surface area contributed by atoms with E-state index < -0.39 is 17.7 Å². The van der Waals surface area contributed by atoms with E-state index in [1.54, 1.807) is 12.1 Å². The van der Waals surface area contributed by atoms with Crippen molar-refractivity contribution in [2.45, 2.75) is 19.1 Å². The monoisotopic (exact) mass is 319 g/mol. The fourth-order valence-electron chi connectivity index (χ4n) is 2.58. The van der Waals surface area contributed by atoms with E-state index in [4.69, 9.17) is 9.84 Å². The Balaban J connectivity index is 1.97. The van der Waals surface area contributed by atoms with Gasteiger partial charge in [0.15, 0.2) is 6.10 Å². The molecule has 0 aromatic heterocycles. The second kappa shape index (κ2) is 6.34. The molecule has 23 heavy (non-hydrogen) atoms. The van der Waals surface area contributed by atoms with Crippen LogP contribution in [0.2, 0.25) is 0 Å². The number of rotatable bonds is 4. The summed E-state index contributed by atoms with van der Waals surface area (Å²) in [7, 11) is 0.